The summed E-state index contributed by atoms with van der Waals surface area (Å²) in [6, 6.07) is 5.46. The standard InChI is InChI=1S/C12H7F3O3/c13-12(14,15)5-8-9(16)6-3-1-2-4-7(6)10(17)11(8)18/h1-4,18H,5H2. The van der Waals surface area contributed by atoms with E-state index < -0.39 is 35.5 Å². The van der Waals surface area contributed by atoms with Gasteiger partial charge in [-0.25, -0.2) is 0 Å². The number of benzene rings is 1. The zero-order valence-corrected chi connectivity index (χ0v) is 8.91. The molecule has 0 saturated heterocycles. The number of aliphatic hydroxyl groups is 1. The van der Waals surface area contributed by atoms with Crippen LogP contribution in [0.1, 0.15) is 27.1 Å². The summed E-state index contributed by atoms with van der Waals surface area (Å²) < 4.78 is 36.8. The summed E-state index contributed by atoms with van der Waals surface area (Å²) in [7, 11) is 0. The predicted octanol–water partition coefficient (Wildman–Crippen LogP) is 2.83. The molecule has 0 aliphatic heterocycles. The van der Waals surface area contributed by atoms with E-state index in [2.05, 4.69) is 0 Å². The molecule has 0 amide bonds. The van der Waals surface area contributed by atoms with Gasteiger partial charge in [-0.2, -0.15) is 13.2 Å². The smallest absolute Gasteiger partial charge is 0.393 e. The van der Waals surface area contributed by atoms with Crippen LogP contribution in [-0.2, 0) is 0 Å². The maximum absolute atomic E-state index is 12.3. The normalized spacial score (nSPS) is 15.9. The SMILES string of the molecule is O=C1C(O)=C(CC(F)(F)F)C(=O)c2ccccc21. The molecule has 94 valence electrons. The first kappa shape index (κ1) is 12.3. The number of carbonyl (C=O) groups is 2. The van der Waals surface area contributed by atoms with Gasteiger partial charge in [0.05, 0.1) is 12.0 Å². The molecule has 2 rings (SSSR count). The number of hydrogen-bond acceptors (Lipinski definition) is 3. The molecule has 1 aromatic rings. The van der Waals surface area contributed by atoms with Gasteiger partial charge in [-0.1, -0.05) is 24.3 Å². The molecule has 3 nitrogen and oxygen atoms in total. The highest BCUT2D eigenvalue weighted by Crippen LogP contribution is 2.32. The second kappa shape index (κ2) is 3.97. The molecule has 0 atom stereocenters. The third-order valence-electron chi connectivity index (χ3n) is 2.57. The summed E-state index contributed by atoms with van der Waals surface area (Å²) in [4.78, 5) is 23.4. The average molecular weight is 256 g/mol. The lowest BCUT2D eigenvalue weighted by Gasteiger charge is -2.18. The van der Waals surface area contributed by atoms with Crippen molar-refractivity contribution in [2.75, 3.05) is 0 Å². The Morgan fingerprint density at radius 2 is 1.50 bits per heavy atom. The van der Waals surface area contributed by atoms with Crippen molar-refractivity contribution in [2.45, 2.75) is 12.6 Å². The molecular weight excluding hydrogens is 249 g/mol. The minimum atomic E-state index is -4.66. The minimum Gasteiger partial charge on any atom is -0.504 e. The largest absolute Gasteiger partial charge is 0.504 e. The van der Waals surface area contributed by atoms with Crippen molar-refractivity contribution in [3.8, 4) is 0 Å². The van der Waals surface area contributed by atoms with Crippen LogP contribution in [0.3, 0.4) is 0 Å². The van der Waals surface area contributed by atoms with Crippen LogP contribution in [0.4, 0.5) is 13.2 Å². The van der Waals surface area contributed by atoms with Crippen molar-refractivity contribution in [3.63, 3.8) is 0 Å². The number of fused-ring (bicyclic) bond motifs is 1. The predicted molar refractivity (Wildman–Crippen MR) is 55.4 cm³/mol. The second-order valence-electron chi connectivity index (χ2n) is 3.82. The van der Waals surface area contributed by atoms with E-state index in [0.29, 0.717) is 0 Å². The van der Waals surface area contributed by atoms with Gasteiger partial charge in [-0.3, -0.25) is 9.59 Å². The van der Waals surface area contributed by atoms with Crippen molar-refractivity contribution >= 4 is 11.6 Å². The average Bonchev–Trinajstić information content (AvgIpc) is 2.31. The number of carbonyl (C=O) groups excluding carboxylic acids is 2. The molecule has 0 unspecified atom stereocenters. The van der Waals surface area contributed by atoms with Crippen molar-refractivity contribution in [2.24, 2.45) is 0 Å². The van der Waals surface area contributed by atoms with Gasteiger partial charge >= 0.3 is 6.18 Å². The van der Waals surface area contributed by atoms with Crippen molar-refractivity contribution < 1.29 is 27.9 Å². The van der Waals surface area contributed by atoms with Crippen LogP contribution < -0.4 is 0 Å². The Morgan fingerprint density at radius 3 is 2.00 bits per heavy atom. The number of ketones is 2. The molecule has 0 radical (unpaired) electrons. The Balaban J connectivity index is 2.53. The van der Waals surface area contributed by atoms with Crippen LogP contribution in [0.2, 0.25) is 0 Å². The molecule has 18 heavy (non-hydrogen) atoms. The van der Waals surface area contributed by atoms with Crippen molar-refractivity contribution in [1.82, 2.24) is 0 Å². The fourth-order valence-electron chi connectivity index (χ4n) is 1.78. The van der Waals surface area contributed by atoms with Gasteiger partial charge in [0.2, 0.25) is 5.78 Å². The van der Waals surface area contributed by atoms with E-state index in [-0.39, 0.29) is 11.1 Å². The molecule has 6 heteroatoms. The third-order valence-corrected chi connectivity index (χ3v) is 2.57. The Morgan fingerprint density at radius 1 is 1.00 bits per heavy atom. The number of hydrogen-bond donors (Lipinski definition) is 1. The van der Waals surface area contributed by atoms with E-state index in [9.17, 15) is 27.9 Å². The molecule has 0 spiro atoms. The van der Waals surface area contributed by atoms with Gasteiger partial charge in [-0.05, 0) is 0 Å². The van der Waals surface area contributed by atoms with Crippen LogP contribution in [0.15, 0.2) is 35.6 Å². The molecular formula is C12H7F3O3. The number of allylic oxidation sites excluding steroid dienone is 2. The summed E-state index contributed by atoms with van der Waals surface area (Å²) in [5.74, 6) is -3.03. The molecule has 0 bridgehead atoms. The highest BCUT2D eigenvalue weighted by atomic mass is 19.4. The topological polar surface area (TPSA) is 54.4 Å². The summed E-state index contributed by atoms with van der Waals surface area (Å²) in [5, 5.41) is 9.43. The van der Waals surface area contributed by atoms with Crippen LogP contribution in [0.25, 0.3) is 0 Å². The molecule has 1 aliphatic carbocycles. The highest BCUT2D eigenvalue weighted by Gasteiger charge is 2.39. The number of alkyl halides is 3. The van der Waals surface area contributed by atoms with Gasteiger partial charge in [0.1, 0.15) is 0 Å². The lowest BCUT2D eigenvalue weighted by atomic mass is 9.87. The maximum atomic E-state index is 12.3. The summed E-state index contributed by atoms with van der Waals surface area (Å²) in [6.07, 6.45) is -6.27. The van der Waals surface area contributed by atoms with Crippen LogP contribution in [0.5, 0.6) is 0 Å². The second-order valence-corrected chi connectivity index (χ2v) is 3.82. The Labute approximate surface area is 99.5 Å². The molecule has 0 fully saturated rings. The fourth-order valence-corrected chi connectivity index (χ4v) is 1.78. The number of halogens is 3. The third kappa shape index (κ3) is 2.01. The minimum absolute atomic E-state index is 0.0778. The first-order chi connectivity index (χ1) is 8.31. The van der Waals surface area contributed by atoms with E-state index in [4.69, 9.17) is 0 Å². The van der Waals surface area contributed by atoms with E-state index in [1.54, 1.807) is 0 Å². The fraction of sp³-hybridized carbons (Fsp3) is 0.167. The Hall–Kier alpha value is -2.11. The molecule has 0 saturated carbocycles. The summed E-state index contributed by atoms with van der Waals surface area (Å²) in [5.41, 5.74) is -1.09. The first-order valence-electron chi connectivity index (χ1n) is 4.98. The van der Waals surface area contributed by atoms with Crippen molar-refractivity contribution in [3.05, 3.63) is 46.7 Å². The monoisotopic (exact) mass is 256 g/mol. The quantitative estimate of drug-likeness (QED) is 0.840. The van der Waals surface area contributed by atoms with E-state index in [1.165, 1.54) is 24.3 Å². The number of Topliss-reactive ketones (excluding diaryl/α,β-unsaturated/α-hetero) is 2. The van der Waals surface area contributed by atoms with Gasteiger partial charge < -0.3 is 5.11 Å². The molecule has 0 heterocycles. The lowest BCUT2D eigenvalue weighted by molar-refractivity contribution is -0.127. The van der Waals surface area contributed by atoms with Crippen LogP contribution in [-0.4, -0.2) is 22.8 Å². The summed E-state index contributed by atoms with van der Waals surface area (Å²) >= 11 is 0. The zero-order valence-electron chi connectivity index (χ0n) is 8.91. The molecule has 0 aromatic heterocycles. The molecule has 1 N–H and O–H groups in total. The Bertz CT molecular complexity index is 570. The van der Waals surface area contributed by atoms with E-state index >= 15 is 0 Å². The van der Waals surface area contributed by atoms with Gasteiger partial charge in [0.25, 0.3) is 0 Å². The summed E-state index contributed by atoms with van der Waals surface area (Å²) in [6.45, 7) is 0. The Kier molecular flexibility index (Phi) is 2.73. The maximum Gasteiger partial charge on any atom is 0.393 e. The molecule has 1 aromatic carbocycles. The van der Waals surface area contributed by atoms with Gasteiger partial charge in [-0.15, -0.1) is 0 Å². The van der Waals surface area contributed by atoms with Gasteiger partial charge in [0, 0.05) is 11.1 Å². The lowest BCUT2D eigenvalue weighted by Crippen LogP contribution is -2.25. The highest BCUT2D eigenvalue weighted by molar-refractivity contribution is 6.25. The van der Waals surface area contributed by atoms with Crippen molar-refractivity contribution in [1.29, 1.82) is 0 Å². The first-order valence-corrected chi connectivity index (χ1v) is 4.98. The molecule has 1 aliphatic rings. The van der Waals surface area contributed by atoms with E-state index in [1.807, 2.05) is 0 Å². The van der Waals surface area contributed by atoms with E-state index in [0.717, 1.165) is 0 Å². The van der Waals surface area contributed by atoms with Crippen LogP contribution in [0, 0.1) is 0 Å². The number of rotatable bonds is 1. The van der Waals surface area contributed by atoms with Crippen LogP contribution >= 0.6 is 0 Å². The number of aliphatic hydroxyl groups excluding tert-OH is 1. The zero-order chi connectivity index (χ0) is 13.5. The van der Waals surface area contributed by atoms with Gasteiger partial charge in [0.15, 0.2) is 11.5 Å².